The van der Waals surface area contributed by atoms with Gasteiger partial charge in [0.15, 0.2) is 23.8 Å². The molecule has 0 N–H and O–H groups in total. The number of carbonyl (C=O) groups is 1. The number of rotatable bonds is 2. The molecular formula is C17H17F2N3O3. The molecule has 0 unspecified atom stereocenters. The van der Waals surface area contributed by atoms with Crippen LogP contribution in [0.5, 0.6) is 11.5 Å². The Morgan fingerprint density at radius 1 is 1.12 bits per heavy atom. The SMILES string of the molecule is CC(C)n1nccc1C(=O)N1C[C@@H]2Oc3c(F)ccc(F)c3O[C@@H]2C1. The van der Waals surface area contributed by atoms with Gasteiger partial charge in [-0.15, -0.1) is 0 Å². The minimum absolute atomic E-state index is 0.0405. The third-order valence-electron chi connectivity index (χ3n) is 4.44. The van der Waals surface area contributed by atoms with Gasteiger partial charge in [-0.3, -0.25) is 9.48 Å². The molecule has 25 heavy (non-hydrogen) atoms. The van der Waals surface area contributed by atoms with E-state index in [2.05, 4.69) is 5.10 Å². The topological polar surface area (TPSA) is 56.6 Å². The number of carbonyl (C=O) groups excluding carboxylic acids is 1. The van der Waals surface area contributed by atoms with Gasteiger partial charge in [0.1, 0.15) is 5.69 Å². The van der Waals surface area contributed by atoms with Crippen LogP contribution >= 0.6 is 0 Å². The summed E-state index contributed by atoms with van der Waals surface area (Å²) in [7, 11) is 0. The van der Waals surface area contributed by atoms with Crippen LogP contribution in [0.4, 0.5) is 8.78 Å². The standard InChI is InChI=1S/C17H17F2N3O3/c1-9(2)22-12(5-6-20-22)17(23)21-7-13-14(8-21)25-16-11(19)4-3-10(18)15(16)24-13/h3-6,9,13-14H,7-8H2,1-2H3/t13-,14+. The summed E-state index contributed by atoms with van der Waals surface area (Å²) in [6, 6.07) is 3.69. The summed E-state index contributed by atoms with van der Waals surface area (Å²) in [5.74, 6) is -2.04. The van der Waals surface area contributed by atoms with Crippen molar-refractivity contribution < 1.29 is 23.0 Å². The van der Waals surface area contributed by atoms with Crippen LogP contribution in [0.3, 0.4) is 0 Å². The maximum atomic E-state index is 13.9. The number of ether oxygens (including phenoxy) is 2. The molecule has 0 saturated carbocycles. The van der Waals surface area contributed by atoms with Crippen molar-refractivity contribution in [3.8, 4) is 11.5 Å². The summed E-state index contributed by atoms with van der Waals surface area (Å²) in [5, 5.41) is 4.16. The maximum Gasteiger partial charge on any atom is 0.272 e. The van der Waals surface area contributed by atoms with Crippen molar-refractivity contribution in [1.29, 1.82) is 0 Å². The molecule has 8 heteroatoms. The fraction of sp³-hybridized carbons (Fsp3) is 0.412. The average Bonchev–Trinajstić information content (AvgIpc) is 3.22. The zero-order valence-electron chi connectivity index (χ0n) is 13.8. The lowest BCUT2D eigenvalue weighted by atomic mass is 10.2. The quantitative estimate of drug-likeness (QED) is 0.836. The van der Waals surface area contributed by atoms with Crippen molar-refractivity contribution in [2.24, 2.45) is 0 Å². The fourth-order valence-corrected chi connectivity index (χ4v) is 3.23. The highest BCUT2D eigenvalue weighted by Crippen LogP contribution is 2.40. The number of amides is 1. The number of halogens is 2. The molecule has 132 valence electrons. The van der Waals surface area contributed by atoms with Crippen LogP contribution in [-0.2, 0) is 0 Å². The Morgan fingerprint density at radius 3 is 2.20 bits per heavy atom. The minimum Gasteiger partial charge on any atom is -0.478 e. The third kappa shape index (κ3) is 2.52. The second-order valence-electron chi connectivity index (χ2n) is 6.46. The lowest BCUT2D eigenvalue weighted by Crippen LogP contribution is -2.39. The van der Waals surface area contributed by atoms with Crippen LogP contribution in [0.1, 0.15) is 30.4 Å². The van der Waals surface area contributed by atoms with E-state index < -0.39 is 23.8 Å². The maximum absolute atomic E-state index is 13.9. The zero-order chi connectivity index (χ0) is 17.7. The highest BCUT2D eigenvalue weighted by Gasteiger charge is 2.44. The predicted molar refractivity (Wildman–Crippen MR) is 83.7 cm³/mol. The fourth-order valence-electron chi connectivity index (χ4n) is 3.23. The van der Waals surface area contributed by atoms with E-state index in [9.17, 15) is 13.6 Å². The van der Waals surface area contributed by atoms with Gasteiger partial charge in [-0.2, -0.15) is 5.10 Å². The molecule has 1 aromatic heterocycles. The Kier molecular flexibility index (Phi) is 3.63. The van der Waals surface area contributed by atoms with Crippen LogP contribution in [0.15, 0.2) is 24.4 Å². The molecular weight excluding hydrogens is 332 g/mol. The smallest absolute Gasteiger partial charge is 0.272 e. The van der Waals surface area contributed by atoms with Crippen molar-refractivity contribution >= 4 is 5.91 Å². The summed E-state index contributed by atoms with van der Waals surface area (Å²) < 4.78 is 40.5. The van der Waals surface area contributed by atoms with Gasteiger partial charge in [0.25, 0.3) is 5.91 Å². The van der Waals surface area contributed by atoms with E-state index in [1.807, 2.05) is 13.8 Å². The first-order valence-corrected chi connectivity index (χ1v) is 8.10. The molecule has 3 heterocycles. The number of nitrogens with zero attached hydrogens (tertiary/aromatic N) is 3. The number of aromatic nitrogens is 2. The van der Waals surface area contributed by atoms with Crippen LogP contribution in [0.25, 0.3) is 0 Å². The zero-order valence-corrected chi connectivity index (χ0v) is 13.8. The van der Waals surface area contributed by atoms with Gasteiger partial charge in [0.2, 0.25) is 11.5 Å². The largest absolute Gasteiger partial charge is 0.478 e. The first-order valence-electron chi connectivity index (χ1n) is 8.10. The Labute approximate surface area is 142 Å². The molecule has 1 aromatic carbocycles. The van der Waals surface area contributed by atoms with Crippen LogP contribution in [0.2, 0.25) is 0 Å². The van der Waals surface area contributed by atoms with Gasteiger partial charge in [-0.05, 0) is 32.0 Å². The highest BCUT2D eigenvalue weighted by molar-refractivity contribution is 5.92. The number of fused-ring (bicyclic) bond motifs is 2. The molecule has 0 radical (unpaired) electrons. The van der Waals surface area contributed by atoms with Gasteiger partial charge in [-0.25, -0.2) is 8.78 Å². The van der Waals surface area contributed by atoms with Crippen molar-refractivity contribution in [1.82, 2.24) is 14.7 Å². The summed E-state index contributed by atoms with van der Waals surface area (Å²) >= 11 is 0. The molecule has 2 aliphatic rings. The van der Waals surface area contributed by atoms with E-state index in [1.165, 1.54) is 0 Å². The molecule has 1 saturated heterocycles. The van der Waals surface area contributed by atoms with Crippen molar-refractivity contribution in [3.05, 3.63) is 41.7 Å². The van der Waals surface area contributed by atoms with Crippen molar-refractivity contribution in [2.45, 2.75) is 32.1 Å². The van der Waals surface area contributed by atoms with Gasteiger partial charge >= 0.3 is 0 Å². The van der Waals surface area contributed by atoms with Crippen LogP contribution < -0.4 is 9.47 Å². The second kappa shape index (κ2) is 5.72. The monoisotopic (exact) mass is 349 g/mol. The normalized spacial score (nSPS) is 21.6. The number of likely N-dealkylation sites (tertiary alicyclic amines) is 1. The number of hydrogen-bond acceptors (Lipinski definition) is 4. The molecule has 0 aliphatic carbocycles. The molecule has 6 nitrogen and oxygen atoms in total. The van der Waals surface area contributed by atoms with Gasteiger partial charge in [0, 0.05) is 12.2 Å². The highest BCUT2D eigenvalue weighted by atomic mass is 19.1. The summed E-state index contributed by atoms with van der Waals surface area (Å²) in [6.45, 7) is 4.34. The summed E-state index contributed by atoms with van der Waals surface area (Å²) in [4.78, 5) is 14.4. The average molecular weight is 349 g/mol. The van der Waals surface area contributed by atoms with Crippen LogP contribution in [0, 0.1) is 11.6 Å². The molecule has 1 amide bonds. The van der Waals surface area contributed by atoms with E-state index in [0.717, 1.165) is 12.1 Å². The van der Waals surface area contributed by atoms with Crippen molar-refractivity contribution in [2.75, 3.05) is 13.1 Å². The molecule has 2 aromatic rings. The Morgan fingerprint density at radius 2 is 1.68 bits per heavy atom. The Hall–Kier alpha value is -2.64. The third-order valence-corrected chi connectivity index (χ3v) is 4.44. The predicted octanol–water partition coefficient (Wildman–Crippen LogP) is 2.41. The first kappa shape index (κ1) is 15.9. The van der Waals surface area contributed by atoms with Gasteiger partial charge < -0.3 is 14.4 Å². The molecule has 2 atom stereocenters. The molecule has 0 spiro atoms. The second-order valence-corrected chi connectivity index (χ2v) is 6.46. The van der Waals surface area contributed by atoms with E-state index in [1.54, 1.807) is 21.8 Å². The Balaban J connectivity index is 1.57. The van der Waals surface area contributed by atoms with Gasteiger partial charge in [-0.1, -0.05) is 0 Å². The number of hydrogen-bond donors (Lipinski definition) is 0. The number of benzene rings is 1. The lowest BCUT2D eigenvalue weighted by molar-refractivity contribution is 0.0467. The van der Waals surface area contributed by atoms with Crippen LogP contribution in [-0.4, -0.2) is 45.9 Å². The Bertz CT molecular complexity index is 798. The van der Waals surface area contributed by atoms with E-state index in [4.69, 9.17) is 9.47 Å². The lowest BCUT2D eigenvalue weighted by Gasteiger charge is -2.28. The van der Waals surface area contributed by atoms with Gasteiger partial charge in [0.05, 0.1) is 13.1 Å². The molecule has 1 fully saturated rings. The molecule has 2 aliphatic heterocycles. The van der Waals surface area contributed by atoms with Crippen molar-refractivity contribution in [3.63, 3.8) is 0 Å². The summed E-state index contributed by atoms with van der Waals surface area (Å²) in [5.41, 5.74) is 0.462. The summed E-state index contributed by atoms with van der Waals surface area (Å²) in [6.07, 6.45) is 0.496. The molecule has 0 bridgehead atoms. The van der Waals surface area contributed by atoms with E-state index in [0.29, 0.717) is 5.69 Å². The minimum atomic E-state index is -0.683. The van der Waals surface area contributed by atoms with E-state index in [-0.39, 0.29) is 36.5 Å². The first-order chi connectivity index (χ1) is 12.0. The van der Waals surface area contributed by atoms with E-state index >= 15 is 0 Å². The molecule has 4 rings (SSSR count).